The Kier molecular flexibility index (Phi) is 4.33. The largest absolute Gasteiger partial charge is 0.481 e. The summed E-state index contributed by atoms with van der Waals surface area (Å²) in [5.74, 6) is -0.810. The smallest absolute Gasteiger partial charge is 0.310 e. The standard InChI is InChI=1S/C12H23NO3/c1-11(2,10(14)15)8-13-9-12(16)6-4-3-5-7-12/h13,16H,3-9H2,1-2H3,(H,14,15). The fourth-order valence-electron chi connectivity index (χ4n) is 2.07. The van der Waals surface area contributed by atoms with Crippen LogP contribution in [0.2, 0.25) is 0 Å². The van der Waals surface area contributed by atoms with Gasteiger partial charge in [0.15, 0.2) is 0 Å². The van der Waals surface area contributed by atoms with E-state index < -0.39 is 17.0 Å². The molecular weight excluding hydrogens is 206 g/mol. The molecule has 0 bridgehead atoms. The van der Waals surface area contributed by atoms with Crippen LogP contribution in [0, 0.1) is 5.41 Å². The first kappa shape index (κ1) is 13.5. The van der Waals surface area contributed by atoms with Gasteiger partial charge in [0, 0.05) is 13.1 Å². The summed E-state index contributed by atoms with van der Waals surface area (Å²) >= 11 is 0. The van der Waals surface area contributed by atoms with E-state index in [1.54, 1.807) is 13.8 Å². The summed E-state index contributed by atoms with van der Waals surface area (Å²) in [6.07, 6.45) is 4.99. The second-order valence-corrected chi connectivity index (χ2v) is 5.58. The number of carboxylic acid groups (broad SMARTS) is 1. The van der Waals surface area contributed by atoms with Gasteiger partial charge in [0.05, 0.1) is 11.0 Å². The van der Waals surface area contributed by atoms with Crippen LogP contribution in [0.3, 0.4) is 0 Å². The molecule has 1 aliphatic rings. The molecule has 3 N–H and O–H groups in total. The van der Waals surface area contributed by atoms with Crippen LogP contribution in [0.15, 0.2) is 0 Å². The molecule has 16 heavy (non-hydrogen) atoms. The predicted octanol–water partition coefficient (Wildman–Crippen LogP) is 1.38. The van der Waals surface area contributed by atoms with Crippen LogP contribution in [0.4, 0.5) is 0 Å². The molecule has 0 spiro atoms. The van der Waals surface area contributed by atoms with Gasteiger partial charge in [0.25, 0.3) is 0 Å². The molecule has 0 radical (unpaired) electrons. The third kappa shape index (κ3) is 3.76. The van der Waals surface area contributed by atoms with Gasteiger partial charge in [-0.15, -0.1) is 0 Å². The normalized spacial score (nSPS) is 20.7. The summed E-state index contributed by atoms with van der Waals surface area (Å²) in [7, 11) is 0. The molecule has 0 heterocycles. The Morgan fingerprint density at radius 3 is 2.38 bits per heavy atom. The van der Waals surface area contributed by atoms with Gasteiger partial charge < -0.3 is 15.5 Å². The van der Waals surface area contributed by atoms with Crippen molar-refractivity contribution >= 4 is 5.97 Å². The molecule has 1 aliphatic carbocycles. The van der Waals surface area contributed by atoms with E-state index in [4.69, 9.17) is 5.11 Å². The summed E-state index contributed by atoms with van der Waals surface area (Å²) in [6, 6.07) is 0. The van der Waals surface area contributed by atoms with E-state index in [0.29, 0.717) is 13.1 Å². The second kappa shape index (κ2) is 5.15. The molecule has 1 fully saturated rings. The van der Waals surface area contributed by atoms with Crippen molar-refractivity contribution in [2.75, 3.05) is 13.1 Å². The molecule has 0 saturated heterocycles. The van der Waals surface area contributed by atoms with Crippen molar-refractivity contribution in [1.82, 2.24) is 5.32 Å². The first-order valence-electron chi connectivity index (χ1n) is 6.02. The second-order valence-electron chi connectivity index (χ2n) is 5.58. The summed E-state index contributed by atoms with van der Waals surface area (Å²) in [4.78, 5) is 10.9. The Morgan fingerprint density at radius 2 is 1.88 bits per heavy atom. The maximum Gasteiger partial charge on any atom is 0.310 e. The van der Waals surface area contributed by atoms with E-state index in [1.807, 2.05) is 0 Å². The maximum atomic E-state index is 10.9. The number of hydrogen-bond acceptors (Lipinski definition) is 3. The molecule has 0 atom stereocenters. The van der Waals surface area contributed by atoms with Crippen LogP contribution < -0.4 is 5.32 Å². The molecule has 1 saturated carbocycles. The van der Waals surface area contributed by atoms with Crippen molar-refractivity contribution in [3.63, 3.8) is 0 Å². The highest BCUT2D eigenvalue weighted by molar-refractivity contribution is 5.73. The topological polar surface area (TPSA) is 69.6 Å². The van der Waals surface area contributed by atoms with Crippen molar-refractivity contribution in [2.24, 2.45) is 5.41 Å². The number of aliphatic carboxylic acids is 1. The fourth-order valence-corrected chi connectivity index (χ4v) is 2.07. The number of nitrogens with one attached hydrogen (secondary N) is 1. The Hall–Kier alpha value is -0.610. The number of hydrogen-bond donors (Lipinski definition) is 3. The Labute approximate surface area is 97.0 Å². The molecule has 0 aromatic carbocycles. The molecule has 0 aliphatic heterocycles. The first-order chi connectivity index (χ1) is 7.36. The van der Waals surface area contributed by atoms with Gasteiger partial charge in [-0.3, -0.25) is 4.79 Å². The summed E-state index contributed by atoms with van der Waals surface area (Å²) < 4.78 is 0. The van der Waals surface area contributed by atoms with Crippen molar-refractivity contribution in [3.8, 4) is 0 Å². The third-order valence-corrected chi connectivity index (χ3v) is 3.38. The fraction of sp³-hybridized carbons (Fsp3) is 0.917. The maximum absolute atomic E-state index is 10.9. The lowest BCUT2D eigenvalue weighted by Crippen LogP contribution is -2.46. The molecule has 0 aromatic heterocycles. The molecule has 0 unspecified atom stereocenters. The van der Waals surface area contributed by atoms with Crippen molar-refractivity contribution in [1.29, 1.82) is 0 Å². The van der Waals surface area contributed by atoms with E-state index in [-0.39, 0.29) is 0 Å². The Balaban J connectivity index is 2.31. The quantitative estimate of drug-likeness (QED) is 0.666. The van der Waals surface area contributed by atoms with Gasteiger partial charge in [-0.2, -0.15) is 0 Å². The van der Waals surface area contributed by atoms with Crippen LogP contribution in [-0.4, -0.2) is 34.9 Å². The summed E-state index contributed by atoms with van der Waals surface area (Å²) in [5, 5.41) is 22.2. The Bertz CT molecular complexity index is 245. The number of carboxylic acids is 1. The minimum Gasteiger partial charge on any atom is -0.481 e. The monoisotopic (exact) mass is 229 g/mol. The minimum absolute atomic E-state index is 0.393. The highest BCUT2D eigenvalue weighted by Gasteiger charge is 2.31. The number of aliphatic hydroxyl groups is 1. The van der Waals surface area contributed by atoms with Gasteiger partial charge >= 0.3 is 5.97 Å². The van der Waals surface area contributed by atoms with E-state index in [9.17, 15) is 9.90 Å². The van der Waals surface area contributed by atoms with Gasteiger partial charge in [0.1, 0.15) is 0 Å². The van der Waals surface area contributed by atoms with Gasteiger partial charge in [0.2, 0.25) is 0 Å². The van der Waals surface area contributed by atoms with Crippen molar-refractivity contribution in [2.45, 2.75) is 51.6 Å². The SMILES string of the molecule is CC(C)(CNCC1(O)CCCCC1)C(=O)O. The zero-order valence-electron chi connectivity index (χ0n) is 10.3. The van der Waals surface area contributed by atoms with Gasteiger partial charge in [-0.05, 0) is 26.7 Å². The molecule has 0 aromatic rings. The summed E-state index contributed by atoms with van der Waals surface area (Å²) in [5.41, 5.74) is -1.39. The van der Waals surface area contributed by atoms with E-state index >= 15 is 0 Å². The molecule has 4 nitrogen and oxygen atoms in total. The highest BCUT2D eigenvalue weighted by Crippen LogP contribution is 2.27. The van der Waals surface area contributed by atoms with Crippen molar-refractivity contribution < 1.29 is 15.0 Å². The lowest BCUT2D eigenvalue weighted by molar-refractivity contribution is -0.146. The Morgan fingerprint density at radius 1 is 1.31 bits per heavy atom. The molecule has 94 valence electrons. The predicted molar refractivity (Wildman–Crippen MR) is 62.3 cm³/mol. The van der Waals surface area contributed by atoms with E-state index in [0.717, 1.165) is 25.7 Å². The zero-order valence-corrected chi connectivity index (χ0v) is 10.3. The number of carbonyl (C=O) groups is 1. The summed E-state index contributed by atoms with van der Waals surface area (Å²) in [6.45, 7) is 4.27. The lowest BCUT2D eigenvalue weighted by atomic mass is 9.84. The highest BCUT2D eigenvalue weighted by atomic mass is 16.4. The van der Waals surface area contributed by atoms with Gasteiger partial charge in [-0.25, -0.2) is 0 Å². The molecule has 0 amide bonds. The molecule has 1 rings (SSSR count). The van der Waals surface area contributed by atoms with Crippen LogP contribution in [0.5, 0.6) is 0 Å². The van der Waals surface area contributed by atoms with Crippen LogP contribution in [-0.2, 0) is 4.79 Å². The average molecular weight is 229 g/mol. The van der Waals surface area contributed by atoms with Crippen molar-refractivity contribution in [3.05, 3.63) is 0 Å². The minimum atomic E-state index is -0.810. The van der Waals surface area contributed by atoms with Crippen LogP contribution in [0.25, 0.3) is 0 Å². The molecular formula is C12H23NO3. The van der Waals surface area contributed by atoms with E-state index in [1.165, 1.54) is 6.42 Å². The lowest BCUT2D eigenvalue weighted by Gasteiger charge is -2.33. The third-order valence-electron chi connectivity index (χ3n) is 3.38. The van der Waals surface area contributed by atoms with Crippen LogP contribution in [0.1, 0.15) is 46.0 Å². The van der Waals surface area contributed by atoms with Gasteiger partial charge in [-0.1, -0.05) is 19.3 Å². The first-order valence-corrected chi connectivity index (χ1v) is 6.02. The number of rotatable bonds is 5. The van der Waals surface area contributed by atoms with Crippen LogP contribution >= 0.6 is 0 Å². The zero-order chi connectivity index (χ0) is 12.2. The average Bonchev–Trinajstić information content (AvgIpc) is 2.17. The van der Waals surface area contributed by atoms with E-state index in [2.05, 4.69) is 5.32 Å². The molecule has 4 heteroatoms.